The van der Waals surface area contributed by atoms with E-state index in [0.29, 0.717) is 5.69 Å². The molecule has 0 fully saturated rings. The lowest BCUT2D eigenvalue weighted by molar-refractivity contribution is 0.102. The van der Waals surface area contributed by atoms with Crippen LogP contribution in [0.4, 0.5) is 14.5 Å². The predicted molar refractivity (Wildman–Crippen MR) is 97.3 cm³/mol. The Morgan fingerprint density at radius 3 is 2.81 bits per heavy atom. The SMILES string of the molecule is CCN1CCc2[nH]c3ccc(NC(=O)c4ccc(F)c(F)c4)cc3c2C1. The van der Waals surface area contributed by atoms with E-state index in [1.807, 2.05) is 12.1 Å². The topological polar surface area (TPSA) is 48.1 Å². The van der Waals surface area contributed by atoms with E-state index in [1.54, 1.807) is 6.07 Å². The van der Waals surface area contributed by atoms with Gasteiger partial charge in [0.05, 0.1) is 0 Å². The number of benzene rings is 2. The Bertz CT molecular complexity index is 996. The van der Waals surface area contributed by atoms with Crippen LogP contribution in [0, 0.1) is 11.6 Å². The summed E-state index contributed by atoms with van der Waals surface area (Å²) in [6.45, 7) is 5.06. The van der Waals surface area contributed by atoms with Crippen LogP contribution in [0.1, 0.15) is 28.5 Å². The van der Waals surface area contributed by atoms with Gasteiger partial charge in [0.25, 0.3) is 5.91 Å². The first kappa shape index (κ1) is 16.7. The highest BCUT2D eigenvalue weighted by Crippen LogP contribution is 2.30. The Labute approximate surface area is 149 Å². The fourth-order valence-electron chi connectivity index (χ4n) is 3.46. The lowest BCUT2D eigenvalue weighted by atomic mass is 10.0. The number of rotatable bonds is 3. The van der Waals surface area contributed by atoms with E-state index < -0.39 is 17.5 Å². The van der Waals surface area contributed by atoms with Crippen molar-refractivity contribution < 1.29 is 13.6 Å². The van der Waals surface area contributed by atoms with E-state index in [9.17, 15) is 13.6 Å². The largest absolute Gasteiger partial charge is 0.358 e. The number of aromatic nitrogens is 1. The molecule has 6 heteroatoms. The predicted octanol–water partition coefficient (Wildman–Crippen LogP) is 4.08. The van der Waals surface area contributed by atoms with Gasteiger partial charge in [0.1, 0.15) is 0 Å². The first-order valence-electron chi connectivity index (χ1n) is 8.67. The van der Waals surface area contributed by atoms with Gasteiger partial charge in [-0.15, -0.1) is 0 Å². The number of aromatic amines is 1. The molecule has 0 unspecified atom stereocenters. The van der Waals surface area contributed by atoms with Gasteiger partial charge < -0.3 is 10.3 Å². The molecule has 0 radical (unpaired) electrons. The van der Waals surface area contributed by atoms with E-state index in [2.05, 4.69) is 22.1 Å². The van der Waals surface area contributed by atoms with Gasteiger partial charge in [-0.1, -0.05) is 6.92 Å². The second kappa shape index (κ2) is 6.53. The Morgan fingerprint density at radius 2 is 2.04 bits per heavy atom. The van der Waals surface area contributed by atoms with Gasteiger partial charge in [-0.25, -0.2) is 8.78 Å². The van der Waals surface area contributed by atoms with Crippen LogP contribution in [0.5, 0.6) is 0 Å². The summed E-state index contributed by atoms with van der Waals surface area (Å²) in [5.74, 6) is -2.47. The number of likely N-dealkylation sites (N-methyl/N-ethyl adjacent to an activating group) is 1. The molecule has 3 aromatic rings. The minimum atomic E-state index is -1.03. The third kappa shape index (κ3) is 2.97. The van der Waals surface area contributed by atoms with Crippen LogP contribution < -0.4 is 5.32 Å². The lowest BCUT2D eigenvalue weighted by Gasteiger charge is -2.25. The van der Waals surface area contributed by atoms with Crippen molar-refractivity contribution in [3.8, 4) is 0 Å². The van der Waals surface area contributed by atoms with Gasteiger partial charge in [-0.2, -0.15) is 0 Å². The van der Waals surface area contributed by atoms with Crippen LogP contribution in [0.15, 0.2) is 36.4 Å². The fourth-order valence-corrected chi connectivity index (χ4v) is 3.46. The summed E-state index contributed by atoms with van der Waals surface area (Å²) < 4.78 is 26.4. The van der Waals surface area contributed by atoms with Crippen molar-refractivity contribution in [2.45, 2.75) is 19.9 Å². The second-order valence-electron chi connectivity index (χ2n) is 6.54. The van der Waals surface area contributed by atoms with E-state index in [1.165, 1.54) is 17.3 Å². The van der Waals surface area contributed by atoms with Crippen molar-refractivity contribution in [2.24, 2.45) is 0 Å². The zero-order valence-corrected chi connectivity index (χ0v) is 14.4. The molecule has 1 amide bonds. The van der Waals surface area contributed by atoms with Crippen molar-refractivity contribution in [2.75, 3.05) is 18.4 Å². The average molecular weight is 355 g/mol. The maximum Gasteiger partial charge on any atom is 0.255 e. The van der Waals surface area contributed by atoms with E-state index in [-0.39, 0.29) is 5.56 Å². The molecule has 1 aliphatic heterocycles. The molecule has 0 atom stereocenters. The van der Waals surface area contributed by atoms with Crippen LogP contribution in [0.25, 0.3) is 10.9 Å². The monoisotopic (exact) mass is 355 g/mol. The van der Waals surface area contributed by atoms with E-state index in [4.69, 9.17) is 0 Å². The van der Waals surface area contributed by atoms with E-state index >= 15 is 0 Å². The number of nitrogens with one attached hydrogen (secondary N) is 2. The molecule has 4 rings (SSSR count). The minimum Gasteiger partial charge on any atom is -0.358 e. The molecule has 134 valence electrons. The number of hydrogen-bond donors (Lipinski definition) is 2. The first-order valence-corrected chi connectivity index (χ1v) is 8.67. The van der Waals surface area contributed by atoms with Gasteiger partial charge >= 0.3 is 0 Å². The van der Waals surface area contributed by atoms with Crippen molar-refractivity contribution in [1.82, 2.24) is 9.88 Å². The molecule has 1 aliphatic rings. The maximum atomic E-state index is 13.3. The third-order valence-corrected chi connectivity index (χ3v) is 4.94. The Balaban J connectivity index is 1.63. The minimum absolute atomic E-state index is 0.0808. The Hall–Kier alpha value is -2.73. The standard InChI is InChI=1S/C20H19F2N3O/c1-2-25-8-7-19-15(11-25)14-10-13(4-6-18(14)24-19)23-20(26)12-3-5-16(21)17(22)9-12/h3-6,9-10,24H,2,7-8,11H2,1H3,(H,23,26). The molecule has 0 bridgehead atoms. The summed E-state index contributed by atoms with van der Waals surface area (Å²) in [4.78, 5) is 18.2. The molecule has 1 aromatic heterocycles. The highest BCUT2D eigenvalue weighted by atomic mass is 19.2. The average Bonchev–Trinajstić information content (AvgIpc) is 3.01. The Morgan fingerprint density at radius 1 is 1.19 bits per heavy atom. The molecular weight excluding hydrogens is 336 g/mol. The highest BCUT2D eigenvalue weighted by Gasteiger charge is 2.20. The number of fused-ring (bicyclic) bond motifs is 3. The number of hydrogen-bond acceptors (Lipinski definition) is 2. The molecule has 0 aliphatic carbocycles. The smallest absolute Gasteiger partial charge is 0.255 e. The zero-order valence-electron chi connectivity index (χ0n) is 14.4. The summed E-state index contributed by atoms with van der Waals surface area (Å²) in [7, 11) is 0. The van der Waals surface area contributed by atoms with Gasteiger partial charge in [0.2, 0.25) is 0 Å². The molecule has 4 nitrogen and oxygen atoms in total. The van der Waals surface area contributed by atoms with E-state index in [0.717, 1.165) is 49.1 Å². The molecule has 26 heavy (non-hydrogen) atoms. The number of halogens is 2. The molecule has 2 aromatic carbocycles. The number of carbonyl (C=O) groups excluding carboxylic acids is 1. The van der Waals surface area contributed by atoms with Crippen molar-refractivity contribution in [3.63, 3.8) is 0 Å². The van der Waals surface area contributed by atoms with Gasteiger partial charge in [-0.05, 0) is 48.5 Å². The maximum absolute atomic E-state index is 13.3. The lowest BCUT2D eigenvalue weighted by Crippen LogP contribution is -2.29. The van der Waals surface area contributed by atoms with Crippen LogP contribution >= 0.6 is 0 Å². The number of nitrogens with zero attached hydrogens (tertiary/aromatic N) is 1. The van der Waals surface area contributed by atoms with Gasteiger partial charge in [0.15, 0.2) is 11.6 Å². The summed E-state index contributed by atoms with van der Waals surface area (Å²) in [5, 5.41) is 3.85. The molecule has 0 saturated heterocycles. The van der Waals surface area contributed by atoms with Crippen LogP contribution in [0.2, 0.25) is 0 Å². The third-order valence-electron chi connectivity index (χ3n) is 4.94. The molecule has 2 heterocycles. The van der Waals surface area contributed by atoms with Crippen molar-refractivity contribution >= 4 is 22.5 Å². The Kier molecular flexibility index (Phi) is 4.20. The molecule has 2 N–H and O–H groups in total. The molecule has 0 spiro atoms. The van der Waals surface area contributed by atoms with Gasteiger partial charge in [0, 0.05) is 47.4 Å². The zero-order chi connectivity index (χ0) is 18.3. The summed E-state index contributed by atoms with van der Waals surface area (Å²) in [6.07, 6.45) is 0.981. The van der Waals surface area contributed by atoms with Crippen LogP contribution in [-0.4, -0.2) is 28.9 Å². The van der Waals surface area contributed by atoms with Crippen LogP contribution in [-0.2, 0) is 13.0 Å². The highest BCUT2D eigenvalue weighted by molar-refractivity contribution is 6.05. The fraction of sp³-hybridized carbons (Fsp3) is 0.250. The number of amides is 1. The number of H-pyrrole nitrogens is 1. The molecular formula is C20H19F2N3O. The van der Waals surface area contributed by atoms with Crippen molar-refractivity contribution in [1.29, 1.82) is 0 Å². The number of anilines is 1. The first-order chi connectivity index (χ1) is 12.5. The quantitative estimate of drug-likeness (QED) is 0.744. The normalized spacial score (nSPS) is 14.4. The summed E-state index contributed by atoms with van der Waals surface area (Å²) in [5.41, 5.74) is 4.25. The van der Waals surface area contributed by atoms with Gasteiger partial charge in [-0.3, -0.25) is 9.69 Å². The summed E-state index contributed by atoms with van der Waals surface area (Å²) in [6, 6.07) is 8.80. The van der Waals surface area contributed by atoms with Crippen LogP contribution in [0.3, 0.4) is 0 Å². The van der Waals surface area contributed by atoms with Crippen molar-refractivity contribution in [3.05, 3.63) is 64.9 Å². The number of carbonyl (C=O) groups is 1. The second-order valence-corrected chi connectivity index (χ2v) is 6.54. The summed E-state index contributed by atoms with van der Waals surface area (Å²) >= 11 is 0. The molecule has 0 saturated carbocycles.